The van der Waals surface area contributed by atoms with Crippen LogP contribution < -0.4 is 5.19 Å². The molecule has 46 heavy (non-hydrogen) atoms. The first kappa shape index (κ1) is 35.4. The van der Waals surface area contributed by atoms with Gasteiger partial charge in [-0.05, 0) is 70.8 Å². The van der Waals surface area contributed by atoms with Gasteiger partial charge in [-0.15, -0.1) is 42.0 Å². The average molecular weight is 804 g/mol. The van der Waals surface area contributed by atoms with Crippen molar-refractivity contribution >= 4 is 35.3 Å². The zero-order valence-electron chi connectivity index (χ0n) is 28.6. The molecule has 6 rings (SSSR count). The number of benzene rings is 2. The van der Waals surface area contributed by atoms with Gasteiger partial charge in [0.15, 0.2) is 5.71 Å². The molecule has 0 atom stereocenters. The van der Waals surface area contributed by atoms with Crippen molar-refractivity contribution in [1.82, 2.24) is 15.0 Å². The van der Waals surface area contributed by atoms with Gasteiger partial charge in [0.1, 0.15) is 0 Å². The number of rotatable bonds is 6. The molecule has 0 N–H and O–H groups in total. The normalized spacial score (nSPS) is 11.8. The molecule has 0 fully saturated rings. The van der Waals surface area contributed by atoms with Gasteiger partial charge in [0.25, 0.3) is 0 Å². The van der Waals surface area contributed by atoms with E-state index in [2.05, 4.69) is 113 Å². The molecule has 0 aliphatic carbocycles. The van der Waals surface area contributed by atoms with Crippen LogP contribution >= 0.6 is 0 Å². The van der Waals surface area contributed by atoms with E-state index in [1.165, 1.54) is 21.9 Å². The van der Waals surface area contributed by atoms with Gasteiger partial charge in [0, 0.05) is 38.2 Å². The Morgan fingerprint density at radius 3 is 2.17 bits per heavy atom. The minimum atomic E-state index is -1.34. The molecule has 4 nitrogen and oxygen atoms in total. The summed E-state index contributed by atoms with van der Waals surface area (Å²) in [6, 6.07) is 27.2. The maximum absolute atomic E-state index is 5.79. The van der Waals surface area contributed by atoms with Crippen molar-refractivity contribution in [3.05, 3.63) is 108 Å². The first-order valence-corrected chi connectivity index (χ1v) is 19.4. The van der Waals surface area contributed by atoms with Gasteiger partial charge in [-0.25, -0.2) is 0 Å². The maximum atomic E-state index is 5.79. The molecular weight excluding hydrogens is 759 g/mol. The van der Waals surface area contributed by atoms with Crippen molar-refractivity contribution in [3.8, 4) is 22.5 Å². The van der Waals surface area contributed by atoms with E-state index in [0.717, 1.165) is 51.7 Å². The molecule has 0 amide bonds. The van der Waals surface area contributed by atoms with E-state index >= 15 is 0 Å². The van der Waals surface area contributed by atoms with Crippen LogP contribution in [0.25, 0.3) is 44.6 Å². The third-order valence-corrected chi connectivity index (χ3v) is 9.84. The summed E-state index contributed by atoms with van der Waals surface area (Å²) in [6.45, 7) is 20.6. The molecule has 0 saturated carbocycles. The summed E-state index contributed by atoms with van der Waals surface area (Å²) in [7, 11) is -1.34. The smallest absolute Gasteiger partial charge is 0.151 e. The molecule has 6 heteroatoms. The second kappa shape index (κ2) is 14.5. The Kier molecular flexibility index (Phi) is 11.2. The van der Waals surface area contributed by atoms with Crippen LogP contribution in [-0.4, -0.2) is 23.0 Å². The van der Waals surface area contributed by atoms with E-state index in [-0.39, 0.29) is 25.5 Å². The topological polar surface area (TPSA) is 51.8 Å². The van der Waals surface area contributed by atoms with Crippen molar-refractivity contribution in [2.24, 2.45) is 11.3 Å². The molecule has 4 heterocycles. The van der Waals surface area contributed by atoms with Crippen molar-refractivity contribution < 1.29 is 24.5 Å². The summed E-state index contributed by atoms with van der Waals surface area (Å²) in [6.07, 6.45) is 7.99. The Labute approximate surface area is 289 Å². The Hall–Kier alpha value is -3.44. The number of nitrogens with zero attached hydrogens (tertiary/aromatic N) is 3. The predicted molar refractivity (Wildman–Crippen MR) is 192 cm³/mol. The summed E-state index contributed by atoms with van der Waals surface area (Å²) in [4.78, 5) is 13.8. The van der Waals surface area contributed by atoms with Crippen LogP contribution in [-0.2, 0) is 32.9 Å². The van der Waals surface area contributed by atoms with Crippen molar-refractivity contribution in [1.29, 1.82) is 0 Å². The van der Waals surface area contributed by atoms with Crippen molar-refractivity contribution in [3.63, 3.8) is 0 Å². The number of hydrogen-bond acceptors (Lipinski definition) is 4. The third-order valence-electron chi connectivity index (χ3n) is 7.77. The van der Waals surface area contributed by atoms with Crippen molar-refractivity contribution in [2.45, 2.75) is 74.0 Å². The van der Waals surface area contributed by atoms with E-state index in [4.69, 9.17) is 4.42 Å². The SMILES string of the molecule is CC(C)Cc1cc(-c2[c-]cccc2)ncc1[Si](C)(C)C.Cc1cnc(-c2[c-]c3c(nc2)oc2ccccc23)cc1CC(C)(C)C.[Ir]. The summed E-state index contributed by atoms with van der Waals surface area (Å²) < 4.78 is 5.79. The van der Waals surface area contributed by atoms with Gasteiger partial charge in [-0.3, -0.25) is 4.98 Å². The number of fused-ring (bicyclic) bond motifs is 3. The summed E-state index contributed by atoms with van der Waals surface area (Å²) in [5.41, 5.74) is 9.64. The summed E-state index contributed by atoms with van der Waals surface area (Å²) in [5, 5.41) is 3.44. The fourth-order valence-electron chi connectivity index (χ4n) is 5.62. The van der Waals surface area contributed by atoms with Crippen LogP contribution in [0.3, 0.4) is 0 Å². The number of para-hydroxylation sites is 1. The second-order valence-electron chi connectivity index (χ2n) is 14.7. The molecule has 0 aliphatic heterocycles. The fourth-order valence-corrected chi connectivity index (χ4v) is 7.21. The zero-order valence-corrected chi connectivity index (χ0v) is 32.0. The van der Waals surface area contributed by atoms with Crippen LogP contribution in [0.4, 0.5) is 0 Å². The first-order chi connectivity index (χ1) is 21.3. The Balaban J connectivity index is 0.000000210. The molecule has 1 radical (unpaired) electrons. The van der Waals surface area contributed by atoms with Crippen LogP contribution in [0.1, 0.15) is 51.3 Å². The molecule has 4 aromatic heterocycles. The Bertz CT molecular complexity index is 1920. The number of aromatic nitrogens is 3. The summed E-state index contributed by atoms with van der Waals surface area (Å²) >= 11 is 0. The molecule has 2 aromatic carbocycles. The molecule has 6 aromatic rings. The standard InChI is InChI=1S/C22H21N2O.C18H24NSi.Ir/c1-14-12-23-19(10-15(14)11-22(2,3)4)16-9-18-17-7-5-6-8-20(17)25-21(18)24-13-16;1-14(2)11-16-12-17(15-9-7-6-8-10-15)19-13-18(16)20(3,4)5;/h5-8,10,12-13H,11H2,1-4H3;6-9,12-14H,11H2,1-5H3;/q2*-1;. The second-order valence-corrected chi connectivity index (χ2v) is 19.7. The molecule has 0 saturated heterocycles. The molecular formula is C40H45IrN3OSi-2. The molecule has 0 unspecified atom stereocenters. The van der Waals surface area contributed by atoms with Gasteiger partial charge in [-0.2, -0.15) is 0 Å². The number of furan rings is 1. The maximum Gasteiger partial charge on any atom is 0.151 e. The number of hydrogen-bond donors (Lipinski definition) is 0. The van der Waals surface area contributed by atoms with E-state index in [0.29, 0.717) is 11.6 Å². The Morgan fingerprint density at radius 2 is 1.50 bits per heavy atom. The average Bonchev–Trinajstić information content (AvgIpc) is 3.35. The zero-order chi connectivity index (χ0) is 32.4. The quantitative estimate of drug-likeness (QED) is 0.124. The molecule has 241 valence electrons. The molecule has 0 bridgehead atoms. The van der Waals surface area contributed by atoms with Gasteiger partial charge in [0.2, 0.25) is 0 Å². The van der Waals surface area contributed by atoms with Crippen LogP contribution in [0.15, 0.2) is 83.7 Å². The van der Waals surface area contributed by atoms with E-state index in [9.17, 15) is 0 Å². The minimum absolute atomic E-state index is 0. The third kappa shape index (κ3) is 8.67. The van der Waals surface area contributed by atoms with Crippen LogP contribution in [0.5, 0.6) is 0 Å². The minimum Gasteiger partial charge on any atom is -0.482 e. The monoisotopic (exact) mass is 804 g/mol. The Morgan fingerprint density at radius 1 is 0.826 bits per heavy atom. The molecule has 0 aliphatic rings. The summed E-state index contributed by atoms with van der Waals surface area (Å²) in [5.74, 6) is 0.667. The van der Waals surface area contributed by atoms with Crippen LogP contribution in [0, 0.1) is 30.4 Å². The largest absolute Gasteiger partial charge is 0.482 e. The van der Waals surface area contributed by atoms with Gasteiger partial charge >= 0.3 is 0 Å². The van der Waals surface area contributed by atoms with Gasteiger partial charge < -0.3 is 14.4 Å². The first-order valence-electron chi connectivity index (χ1n) is 15.9. The van der Waals surface area contributed by atoms with Gasteiger partial charge in [-0.1, -0.05) is 101 Å². The van der Waals surface area contributed by atoms with E-state index in [1.807, 2.05) is 48.7 Å². The fraction of sp³-hybridized carbons (Fsp3) is 0.325. The predicted octanol–water partition coefficient (Wildman–Crippen LogP) is 10.0. The van der Waals surface area contributed by atoms with Crippen LogP contribution in [0.2, 0.25) is 19.6 Å². The van der Waals surface area contributed by atoms with Gasteiger partial charge in [0.05, 0.1) is 13.7 Å². The van der Waals surface area contributed by atoms with E-state index < -0.39 is 8.07 Å². The van der Waals surface area contributed by atoms with E-state index in [1.54, 1.807) is 6.20 Å². The molecule has 0 spiro atoms. The number of aryl methyl sites for hydroxylation is 1. The van der Waals surface area contributed by atoms with Crippen molar-refractivity contribution in [2.75, 3.05) is 0 Å². The number of pyridine rings is 3.